The fourth-order valence-electron chi connectivity index (χ4n) is 2.54. The van der Waals surface area contributed by atoms with Gasteiger partial charge in [-0.25, -0.2) is 4.98 Å². The van der Waals surface area contributed by atoms with Crippen molar-refractivity contribution < 1.29 is 14.3 Å². The lowest BCUT2D eigenvalue weighted by atomic mass is 10.1. The number of carbonyl (C=O) groups excluding carboxylic acids is 2. The minimum Gasteiger partial charge on any atom is -0.485 e. The third-order valence-corrected chi connectivity index (χ3v) is 3.77. The molecule has 0 spiro atoms. The maximum absolute atomic E-state index is 12.1. The number of nitrogens with zero attached hydrogens (tertiary/aromatic N) is 2. The molecule has 6 heteroatoms. The zero-order chi connectivity index (χ0) is 16.2. The van der Waals surface area contributed by atoms with E-state index in [4.69, 9.17) is 10.5 Å². The lowest BCUT2D eigenvalue weighted by molar-refractivity contribution is -0.123. The first-order valence-electron chi connectivity index (χ1n) is 7.36. The molecule has 118 valence electrons. The van der Waals surface area contributed by atoms with Crippen LogP contribution in [0.5, 0.6) is 5.75 Å². The van der Waals surface area contributed by atoms with Crippen molar-refractivity contribution >= 4 is 17.6 Å². The van der Waals surface area contributed by atoms with Gasteiger partial charge in [-0.15, -0.1) is 0 Å². The number of nitrogens with two attached hydrogens (primary N) is 1. The zero-order valence-electron chi connectivity index (χ0n) is 12.5. The fraction of sp³-hybridized carbons (Fsp3) is 0.235. The van der Waals surface area contributed by atoms with E-state index < -0.39 is 11.8 Å². The van der Waals surface area contributed by atoms with E-state index in [1.165, 1.54) is 4.90 Å². The third-order valence-electron chi connectivity index (χ3n) is 3.77. The molecule has 23 heavy (non-hydrogen) atoms. The van der Waals surface area contributed by atoms with E-state index >= 15 is 0 Å². The second-order valence-corrected chi connectivity index (χ2v) is 5.41. The largest absolute Gasteiger partial charge is 0.485 e. The van der Waals surface area contributed by atoms with Gasteiger partial charge in [-0.1, -0.05) is 30.3 Å². The van der Waals surface area contributed by atoms with E-state index in [1.807, 2.05) is 30.3 Å². The van der Waals surface area contributed by atoms with E-state index in [0.717, 1.165) is 5.56 Å². The van der Waals surface area contributed by atoms with Crippen LogP contribution in [0.15, 0.2) is 48.7 Å². The molecule has 0 saturated carbocycles. The highest BCUT2D eigenvalue weighted by molar-refractivity contribution is 6.00. The molecule has 6 nitrogen and oxygen atoms in total. The van der Waals surface area contributed by atoms with Gasteiger partial charge in [0.25, 0.3) is 0 Å². The molecule has 0 bridgehead atoms. The standard InChI is InChI=1S/C17H17N3O3/c18-16(22)13-9-15(21)20(10-13)17-14(7-4-8-19-17)23-11-12-5-2-1-3-6-12/h1-8,13H,9-11H2,(H2,18,22). The zero-order valence-corrected chi connectivity index (χ0v) is 12.5. The lowest BCUT2D eigenvalue weighted by Crippen LogP contribution is -2.29. The number of pyridine rings is 1. The summed E-state index contributed by atoms with van der Waals surface area (Å²) in [6.07, 6.45) is 1.71. The van der Waals surface area contributed by atoms with Crippen molar-refractivity contribution in [1.29, 1.82) is 0 Å². The van der Waals surface area contributed by atoms with Crippen LogP contribution in [-0.4, -0.2) is 23.3 Å². The van der Waals surface area contributed by atoms with Gasteiger partial charge < -0.3 is 10.5 Å². The van der Waals surface area contributed by atoms with Crippen molar-refractivity contribution in [2.24, 2.45) is 11.7 Å². The molecule has 3 rings (SSSR count). The van der Waals surface area contributed by atoms with E-state index in [1.54, 1.807) is 18.3 Å². The minimum atomic E-state index is -0.480. The highest BCUT2D eigenvalue weighted by Crippen LogP contribution is 2.31. The fourth-order valence-corrected chi connectivity index (χ4v) is 2.54. The Labute approximate surface area is 133 Å². The second-order valence-electron chi connectivity index (χ2n) is 5.41. The van der Waals surface area contributed by atoms with Gasteiger partial charge in [0.2, 0.25) is 11.8 Å². The molecule has 1 aliphatic heterocycles. The summed E-state index contributed by atoms with van der Waals surface area (Å²) >= 11 is 0. The summed E-state index contributed by atoms with van der Waals surface area (Å²) in [5.74, 6) is -0.181. The highest BCUT2D eigenvalue weighted by Gasteiger charge is 2.35. The number of amides is 2. The van der Waals surface area contributed by atoms with Crippen molar-refractivity contribution in [1.82, 2.24) is 4.98 Å². The smallest absolute Gasteiger partial charge is 0.229 e. The monoisotopic (exact) mass is 311 g/mol. The summed E-state index contributed by atoms with van der Waals surface area (Å²) in [5, 5.41) is 0. The molecule has 2 N–H and O–H groups in total. The molecule has 0 radical (unpaired) electrons. The Hall–Kier alpha value is -2.89. The molecular formula is C17H17N3O3. The number of aromatic nitrogens is 1. The predicted octanol–water partition coefficient (Wildman–Crippen LogP) is 1.50. The van der Waals surface area contributed by atoms with Crippen LogP contribution in [0.25, 0.3) is 0 Å². The molecule has 1 aliphatic rings. The van der Waals surface area contributed by atoms with Crippen LogP contribution in [0.2, 0.25) is 0 Å². The van der Waals surface area contributed by atoms with E-state index in [-0.39, 0.29) is 18.9 Å². The van der Waals surface area contributed by atoms with Crippen molar-refractivity contribution in [2.45, 2.75) is 13.0 Å². The number of carbonyl (C=O) groups is 2. The van der Waals surface area contributed by atoms with E-state index in [0.29, 0.717) is 18.2 Å². The summed E-state index contributed by atoms with van der Waals surface area (Å²) < 4.78 is 5.81. The molecule has 2 aromatic rings. The number of hydrogen-bond donors (Lipinski definition) is 1. The van der Waals surface area contributed by atoms with Crippen molar-refractivity contribution in [3.63, 3.8) is 0 Å². The van der Waals surface area contributed by atoms with Crippen LogP contribution in [0.3, 0.4) is 0 Å². The van der Waals surface area contributed by atoms with Gasteiger partial charge in [-0.2, -0.15) is 0 Å². The maximum atomic E-state index is 12.1. The number of benzene rings is 1. The number of ether oxygens (including phenoxy) is 1. The molecule has 1 saturated heterocycles. The van der Waals surface area contributed by atoms with Crippen LogP contribution in [0.4, 0.5) is 5.82 Å². The lowest BCUT2D eigenvalue weighted by Gasteiger charge is -2.18. The second kappa shape index (κ2) is 6.48. The number of anilines is 1. The van der Waals surface area contributed by atoms with E-state index in [9.17, 15) is 9.59 Å². The summed E-state index contributed by atoms with van der Waals surface area (Å²) in [6.45, 7) is 0.619. The Bertz CT molecular complexity index is 718. The SMILES string of the molecule is NC(=O)C1CC(=O)N(c2ncccc2OCc2ccccc2)C1. The third kappa shape index (κ3) is 3.31. The normalized spacial score (nSPS) is 17.3. The highest BCUT2D eigenvalue weighted by atomic mass is 16.5. The first-order chi connectivity index (χ1) is 11.1. The molecule has 1 fully saturated rings. The quantitative estimate of drug-likeness (QED) is 0.906. The van der Waals surface area contributed by atoms with Gasteiger partial charge in [-0.05, 0) is 17.7 Å². The summed E-state index contributed by atoms with van der Waals surface area (Å²) in [4.78, 5) is 29.2. The van der Waals surface area contributed by atoms with Crippen molar-refractivity contribution in [2.75, 3.05) is 11.4 Å². The Morgan fingerprint density at radius 2 is 2.04 bits per heavy atom. The molecule has 2 heterocycles. The summed E-state index contributed by atoms with van der Waals surface area (Å²) in [6, 6.07) is 13.2. The van der Waals surface area contributed by atoms with Gasteiger partial charge >= 0.3 is 0 Å². The van der Waals surface area contributed by atoms with Gasteiger partial charge in [0.1, 0.15) is 6.61 Å². The van der Waals surface area contributed by atoms with Gasteiger partial charge in [0, 0.05) is 19.2 Å². The number of rotatable bonds is 5. The minimum absolute atomic E-state index is 0.115. The Balaban J connectivity index is 1.78. The van der Waals surface area contributed by atoms with Crippen molar-refractivity contribution in [3.05, 3.63) is 54.2 Å². The Morgan fingerprint density at radius 3 is 2.74 bits per heavy atom. The van der Waals surface area contributed by atoms with Crippen LogP contribution in [0.1, 0.15) is 12.0 Å². The Morgan fingerprint density at radius 1 is 1.26 bits per heavy atom. The predicted molar refractivity (Wildman–Crippen MR) is 84.7 cm³/mol. The molecule has 1 unspecified atom stereocenters. The summed E-state index contributed by atoms with van der Waals surface area (Å²) in [7, 11) is 0. The van der Waals surface area contributed by atoms with Crippen LogP contribution in [-0.2, 0) is 16.2 Å². The first-order valence-corrected chi connectivity index (χ1v) is 7.36. The first kappa shape index (κ1) is 15.0. The molecule has 1 atom stereocenters. The number of hydrogen-bond acceptors (Lipinski definition) is 4. The number of primary amides is 1. The van der Waals surface area contributed by atoms with Crippen LogP contribution < -0.4 is 15.4 Å². The van der Waals surface area contributed by atoms with Gasteiger partial charge in [0.05, 0.1) is 5.92 Å². The van der Waals surface area contributed by atoms with Crippen molar-refractivity contribution in [3.8, 4) is 5.75 Å². The molecule has 1 aromatic carbocycles. The molecule has 1 aromatic heterocycles. The average molecular weight is 311 g/mol. The maximum Gasteiger partial charge on any atom is 0.229 e. The topological polar surface area (TPSA) is 85.5 Å². The van der Waals surface area contributed by atoms with Crippen LogP contribution in [0, 0.1) is 5.92 Å². The molecule has 2 amide bonds. The molecule has 0 aliphatic carbocycles. The average Bonchev–Trinajstić information content (AvgIpc) is 2.96. The summed E-state index contributed by atoms with van der Waals surface area (Å²) in [5.41, 5.74) is 6.32. The van der Waals surface area contributed by atoms with E-state index in [2.05, 4.69) is 4.98 Å². The van der Waals surface area contributed by atoms with Gasteiger partial charge in [-0.3, -0.25) is 14.5 Å². The van der Waals surface area contributed by atoms with Crippen LogP contribution >= 0.6 is 0 Å². The van der Waals surface area contributed by atoms with Gasteiger partial charge in [0.15, 0.2) is 11.6 Å². The molecular weight excluding hydrogens is 294 g/mol. The Kier molecular flexibility index (Phi) is 4.23.